The SMILES string of the molecule is O=C1CC2CC1CC2(O)c1ccccc1. The molecule has 3 unspecified atom stereocenters. The van der Waals surface area contributed by atoms with Crippen LogP contribution in [0.4, 0.5) is 0 Å². The van der Waals surface area contributed by atoms with E-state index in [2.05, 4.69) is 0 Å². The standard InChI is InChI=1S/C13H14O2/c14-12-7-11-6-9(12)8-13(11,15)10-4-2-1-3-5-10/h1-5,9,11,15H,6-8H2. The van der Waals surface area contributed by atoms with Crippen LogP contribution >= 0.6 is 0 Å². The lowest BCUT2D eigenvalue weighted by atomic mass is 9.78. The fraction of sp³-hybridized carbons (Fsp3) is 0.462. The van der Waals surface area contributed by atoms with Gasteiger partial charge in [-0.3, -0.25) is 4.79 Å². The number of hydrogen-bond donors (Lipinski definition) is 1. The number of fused-ring (bicyclic) bond motifs is 2. The Kier molecular flexibility index (Phi) is 1.77. The second-order valence-electron chi connectivity index (χ2n) is 4.79. The summed E-state index contributed by atoms with van der Waals surface area (Å²) in [6, 6.07) is 9.77. The van der Waals surface area contributed by atoms with Crippen LogP contribution in [-0.2, 0) is 10.4 Å². The first-order valence-corrected chi connectivity index (χ1v) is 5.51. The van der Waals surface area contributed by atoms with Crippen molar-refractivity contribution in [3.05, 3.63) is 35.9 Å². The van der Waals surface area contributed by atoms with Crippen molar-refractivity contribution in [2.75, 3.05) is 0 Å². The van der Waals surface area contributed by atoms with Crippen LogP contribution in [0, 0.1) is 11.8 Å². The van der Waals surface area contributed by atoms with Crippen LogP contribution in [0.5, 0.6) is 0 Å². The Morgan fingerprint density at radius 2 is 2.00 bits per heavy atom. The second kappa shape index (κ2) is 2.92. The van der Waals surface area contributed by atoms with Crippen molar-refractivity contribution in [2.24, 2.45) is 11.8 Å². The van der Waals surface area contributed by atoms with Crippen molar-refractivity contribution in [3.8, 4) is 0 Å². The van der Waals surface area contributed by atoms with Gasteiger partial charge in [-0.25, -0.2) is 0 Å². The number of rotatable bonds is 1. The quantitative estimate of drug-likeness (QED) is 0.755. The maximum atomic E-state index is 11.4. The number of carbonyl (C=O) groups excluding carboxylic acids is 1. The molecular weight excluding hydrogens is 188 g/mol. The van der Waals surface area contributed by atoms with Gasteiger partial charge in [0.15, 0.2) is 0 Å². The Balaban J connectivity index is 1.98. The van der Waals surface area contributed by atoms with Gasteiger partial charge < -0.3 is 5.11 Å². The average Bonchev–Trinajstić information content (AvgIpc) is 2.76. The van der Waals surface area contributed by atoms with Gasteiger partial charge in [-0.2, -0.15) is 0 Å². The summed E-state index contributed by atoms with van der Waals surface area (Å²) in [5.41, 5.74) is 0.241. The van der Waals surface area contributed by atoms with Crippen LogP contribution in [-0.4, -0.2) is 10.9 Å². The lowest BCUT2D eigenvalue weighted by molar-refractivity contribution is -0.127. The molecule has 3 rings (SSSR count). The summed E-state index contributed by atoms with van der Waals surface area (Å²) >= 11 is 0. The van der Waals surface area contributed by atoms with Crippen molar-refractivity contribution in [2.45, 2.75) is 24.9 Å². The minimum absolute atomic E-state index is 0.111. The third-order valence-electron chi connectivity index (χ3n) is 3.98. The van der Waals surface area contributed by atoms with Gasteiger partial charge in [0.1, 0.15) is 5.78 Å². The topological polar surface area (TPSA) is 37.3 Å². The highest BCUT2D eigenvalue weighted by molar-refractivity contribution is 5.85. The predicted octanol–water partition coefficient (Wildman–Crippen LogP) is 1.87. The fourth-order valence-electron chi connectivity index (χ4n) is 3.15. The molecule has 1 aromatic rings. The fourth-order valence-corrected chi connectivity index (χ4v) is 3.15. The van der Waals surface area contributed by atoms with Crippen LogP contribution in [0.2, 0.25) is 0 Å². The minimum Gasteiger partial charge on any atom is -0.385 e. The highest BCUT2D eigenvalue weighted by atomic mass is 16.3. The van der Waals surface area contributed by atoms with E-state index in [9.17, 15) is 9.90 Å². The molecule has 0 aromatic heterocycles. The lowest BCUT2D eigenvalue weighted by Gasteiger charge is -2.32. The van der Waals surface area contributed by atoms with Crippen molar-refractivity contribution >= 4 is 5.78 Å². The molecule has 2 aliphatic carbocycles. The number of ketones is 1. The summed E-state index contributed by atoms with van der Waals surface area (Å²) in [6.45, 7) is 0. The van der Waals surface area contributed by atoms with Crippen molar-refractivity contribution in [1.29, 1.82) is 0 Å². The average molecular weight is 202 g/mol. The van der Waals surface area contributed by atoms with Crippen molar-refractivity contribution < 1.29 is 9.90 Å². The van der Waals surface area contributed by atoms with Crippen LogP contribution in [0.1, 0.15) is 24.8 Å². The van der Waals surface area contributed by atoms with Crippen LogP contribution in [0.3, 0.4) is 0 Å². The molecule has 0 heterocycles. The third-order valence-corrected chi connectivity index (χ3v) is 3.98. The van der Waals surface area contributed by atoms with E-state index < -0.39 is 5.60 Å². The maximum Gasteiger partial charge on any atom is 0.136 e. The minimum atomic E-state index is -0.736. The van der Waals surface area contributed by atoms with Crippen molar-refractivity contribution in [3.63, 3.8) is 0 Å². The molecule has 0 saturated heterocycles. The number of benzene rings is 1. The van der Waals surface area contributed by atoms with E-state index in [1.165, 1.54) is 0 Å². The molecular formula is C13H14O2. The summed E-state index contributed by atoms with van der Waals surface area (Å²) in [4.78, 5) is 11.4. The van der Waals surface area contributed by atoms with E-state index in [1.807, 2.05) is 30.3 Å². The second-order valence-corrected chi connectivity index (χ2v) is 4.79. The molecule has 2 nitrogen and oxygen atoms in total. The maximum absolute atomic E-state index is 11.4. The summed E-state index contributed by atoms with van der Waals surface area (Å²) in [7, 11) is 0. The molecule has 1 aromatic carbocycles. The van der Waals surface area contributed by atoms with E-state index in [1.54, 1.807) is 0 Å². The Labute approximate surface area is 88.9 Å². The van der Waals surface area contributed by atoms with Gasteiger partial charge in [-0.15, -0.1) is 0 Å². The zero-order chi connectivity index (χ0) is 10.5. The van der Waals surface area contributed by atoms with Gasteiger partial charge in [-0.05, 0) is 24.3 Å². The Morgan fingerprint density at radius 1 is 1.27 bits per heavy atom. The zero-order valence-electron chi connectivity index (χ0n) is 8.52. The van der Waals surface area contributed by atoms with Crippen molar-refractivity contribution in [1.82, 2.24) is 0 Å². The van der Waals surface area contributed by atoms with E-state index in [4.69, 9.17) is 0 Å². The first-order chi connectivity index (χ1) is 7.20. The summed E-state index contributed by atoms with van der Waals surface area (Å²) < 4.78 is 0. The summed E-state index contributed by atoms with van der Waals surface area (Å²) in [5, 5.41) is 10.6. The Morgan fingerprint density at radius 3 is 2.53 bits per heavy atom. The van der Waals surface area contributed by atoms with Gasteiger partial charge in [0.2, 0.25) is 0 Å². The molecule has 2 saturated carbocycles. The Hall–Kier alpha value is -1.15. The third kappa shape index (κ3) is 1.18. The monoisotopic (exact) mass is 202 g/mol. The van der Waals surface area contributed by atoms with Crippen LogP contribution in [0.15, 0.2) is 30.3 Å². The van der Waals surface area contributed by atoms with E-state index in [0.717, 1.165) is 12.0 Å². The normalized spacial score (nSPS) is 38.6. The number of carbonyl (C=O) groups is 1. The number of hydrogen-bond acceptors (Lipinski definition) is 2. The lowest BCUT2D eigenvalue weighted by Crippen LogP contribution is -2.34. The first-order valence-electron chi connectivity index (χ1n) is 5.51. The molecule has 0 radical (unpaired) electrons. The number of Topliss-reactive ketones (excluding diaryl/α,β-unsaturated/α-hetero) is 1. The van der Waals surface area contributed by atoms with E-state index in [-0.39, 0.29) is 11.8 Å². The van der Waals surface area contributed by atoms with Crippen LogP contribution < -0.4 is 0 Å². The van der Waals surface area contributed by atoms with Gasteiger partial charge in [0, 0.05) is 12.3 Å². The van der Waals surface area contributed by atoms with Gasteiger partial charge in [0.05, 0.1) is 5.60 Å². The smallest absolute Gasteiger partial charge is 0.136 e. The van der Waals surface area contributed by atoms with Gasteiger partial charge >= 0.3 is 0 Å². The van der Waals surface area contributed by atoms with Gasteiger partial charge in [0.25, 0.3) is 0 Å². The summed E-state index contributed by atoms with van der Waals surface area (Å²) in [5.74, 6) is 0.609. The molecule has 0 aliphatic heterocycles. The Bertz CT molecular complexity index is 398. The molecule has 2 aliphatic rings. The highest BCUT2D eigenvalue weighted by Crippen LogP contribution is 2.53. The predicted molar refractivity (Wildman–Crippen MR) is 56.2 cm³/mol. The highest BCUT2D eigenvalue weighted by Gasteiger charge is 2.54. The molecule has 2 fully saturated rings. The van der Waals surface area contributed by atoms with Crippen LogP contribution in [0.25, 0.3) is 0 Å². The number of aliphatic hydroxyl groups is 1. The summed E-state index contributed by atoms with van der Waals surface area (Å²) in [6.07, 6.45) is 2.07. The molecule has 3 atom stereocenters. The largest absolute Gasteiger partial charge is 0.385 e. The molecule has 0 spiro atoms. The molecule has 0 amide bonds. The molecule has 78 valence electrons. The van der Waals surface area contributed by atoms with E-state index >= 15 is 0 Å². The van der Waals surface area contributed by atoms with E-state index in [0.29, 0.717) is 18.6 Å². The molecule has 15 heavy (non-hydrogen) atoms. The molecule has 2 heteroatoms. The van der Waals surface area contributed by atoms with Gasteiger partial charge in [-0.1, -0.05) is 30.3 Å². The first kappa shape index (κ1) is 9.10. The zero-order valence-corrected chi connectivity index (χ0v) is 8.52. The molecule has 2 bridgehead atoms. The molecule has 1 N–H and O–H groups in total.